The summed E-state index contributed by atoms with van der Waals surface area (Å²) >= 11 is 0. The van der Waals surface area contributed by atoms with Gasteiger partial charge in [0.15, 0.2) is 9.84 Å². The summed E-state index contributed by atoms with van der Waals surface area (Å²) in [7, 11) is -2.96. The Balaban J connectivity index is 1.64. The van der Waals surface area contributed by atoms with Crippen molar-refractivity contribution in [2.75, 3.05) is 5.75 Å². The van der Waals surface area contributed by atoms with Crippen molar-refractivity contribution in [3.05, 3.63) is 42.1 Å². The van der Waals surface area contributed by atoms with E-state index in [1.807, 2.05) is 12.3 Å². The summed E-state index contributed by atoms with van der Waals surface area (Å²) in [5.41, 5.74) is 2.45. The molecule has 2 aromatic rings. The molecule has 0 spiro atoms. The first-order valence-corrected chi connectivity index (χ1v) is 11.0. The molecule has 0 atom stereocenters. The Labute approximate surface area is 152 Å². The Morgan fingerprint density at radius 2 is 1.52 bits per heavy atom. The molecule has 4 heteroatoms. The second kappa shape index (κ2) is 8.79. The number of benzene rings is 1. The molecule has 0 amide bonds. The molecule has 1 aromatic carbocycles. The van der Waals surface area contributed by atoms with Crippen LogP contribution in [0.4, 0.5) is 0 Å². The monoisotopic (exact) mass is 361 g/mol. The molecule has 0 saturated carbocycles. The van der Waals surface area contributed by atoms with Gasteiger partial charge in [0, 0.05) is 11.6 Å². The summed E-state index contributed by atoms with van der Waals surface area (Å²) in [6.45, 7) is 5.35. The minimum absolute atomic E-state index is 0.319. The van der Waals surface area contributed by atoms with Crippen LogP contribution in [0.15, 0.2) is 36.5 Å². The normalized spacial score (nSPS) is 12.6. The summed E-state index contributed by atoms with van der Waals surface area (Å²) in [4.78, 5) is 4.41. The summed E-state index contributed by atoms with van der Waals surface area (Å²) in [6.07, 6.45) is 9.45. The highest BCUT2D eigenvalue weighted by atomic mass is 32.2. The van der Waals surface area contributed by atoms with Gasteiger partial charge >= 0.3 is 0 Å². The first-order valence-electron chi connectivity index (χ1n) is 9.36. The van der Waals surface area contributed by atoms with Gasteiger partial charge in [-0.1, -0.05) is 43.9 Å². The van der Waals surface area contributed by atoms with Gasteiger partial charge in [0.2, 0.25) is 0 Å². The second-order valence-electron chi connectivity index (χ2n) is 7.79. The predicted molar refractivity (Wildman–Crippen MR) is 107 cm³/mol. The Bertz CT molecular complexity index is 771. The minimum atomic E-state index is -2.96. The quantitative estimate of drug-likeness (QED) is 0.567. The van der Waals surface area contributed by atoms with Crippen molar-refractivity contribution >= 4 is 20.7 Å². The number of aromatic nitrogens is 1. The van der Waals surface area contributed by atoms with Crippen molar-refractivity contribution in [1.82, 2.24) is 4.98 Å². The fraction of sp³-hybridized carbons (Fsp3) is 0.571. The highest BCUT2D eigenvalue weighted by Gasteiger charge is 2.27. The molecule has 0 aliphatic rings. The van der Waals surface area contributed by atoms with Crippen molar-refractivity contribution in [3.8, 4) is 0 Å². The van der Waals surface area contributed by atoms with Crippen LogP contribution in [0.25, 0.3) is 10.9 Å². The van der Waals surface area contributed by atoms with E-state index in [-0.39, 0.29) is 0 Å². The molecule has 0 unspecified atom stereocenters. The molecule has 0 bridgehead atoms. The van der Waals surface area contributed by atoms with Crippen LogP contribution in [0.5, 0.6) is 0 Å². The van der Waals surface area contributed by atoms with Crippen molar-refractivity contribution in [2.24, 2.45) is 0 Å². The number of para-hydroxylation sites is 1. The molecular weight excluding hydrogens is 330 g/mol. The van der Waals surface area contributed by atoms with E-state index in [9.17, 15) is 8.42 Å². The van der Waals surface area contributed by atoms with Gasteiger partial charge in [-0.2, -0.15) is 0 Å². The molecule has 25 heavy (non-hydrogen) atoms. The van der Waals surface area contributed by atoms with E-state index in [1.165, 1.54) is 30.2 Å². The molecule has 0 N–H and O–H groups in total. The average molecular weight is 362 g/mol. The zero-order valence-corrected chi connectivity index (χ0v) is 16.6. The molecule has 0 aliphatic heterocycles. The number of fused-ring (bicyclic) bond motifs is 1. The van der Waals surface area contributed by atoms with Gasteiger partial charge in [-0.25, -0.2) is 8.42 Å². The highest BCUT2D eigenvalue weighted by molar-refractivity contribution is 7.92. The topological polar surface area (TPSA) is 47.0 Å². The van der Waals surface area contributed by atoms with E-state index in [2.05, 4.69) is 29.2 Å². The van der Waals surface area contributed by atoms with Gasteiger partial charge in [-0.3, -0.25) is 4.98 Å². The molecular formula is C21H31NO2S. The number of unbranched alkanes of at least 4 members (excludes halogenated alkanes) is 5. The second-order valence-corrected chi connectivity index (χ2v) is 10.7. The van der Waals surface area contributed by atoms with Gasteiger partial charge < -0.3 is 0 Å². The Hall–Kier alpha value is -1.42. The number of sulfone groups is 1. The van der Waals surface area contributed by atoms with Crippen molar-refractivity contribution in [1.29, 1.82) is 0 Å². The Morgan fingerprint density at radius 3 is 2.24 bits per heavy atom. The minimum Gasteiger partial charge on any atom is -0.256 e. The van der Waals surface area contributed by atoms with E-state index in [1.54, 1.807) is 20.8 Å². The zero-order chi connectivity index (χ0) is 18.3. The predicted octanol–water partition coefficient (Wildman–Crippen LogP) is 5.33. The summed E-state index contributed by atoms with van der Waals surface area (Å²) in [5, 5.41) is 1.26. The maximum atomic E-state index is 12.0. The number of nitrogens with zero attached hydrogens (tertiary/aromatic N) is 1. The third-order valence-corrected chi connectivity index (χ3v) is 7.47. The Kier molecular flexibility index (Phi) is 7.00. The van der Waals surface area contributed by atoms with Crippen LogP contribution >= 0.6 is 0 Å². The molecule has 1 heterocycles. The van der Waals surface area contributed by atoms with Crippen LogP contribution in [0.3, 0.4) is 0 Å². The fourth-order valence-electron chi connectivity index (χ4n) is 2.99. The molecule has 0 aliphatic carbocycles. The van der Waals surface area contributed by atoms with Crippen LogP contribution < -0.4 is 0 Å². The van der Waals surface area contributed by atoms with Gasteiger partial charge in [-0.05, 0) is 57.7 Å². The number of rotatable bonds is 9. The standard InChI is InChI=1S/C21H31NO2S/c1-21(2,3)25(23,24)17-11-7-5-4-6-8-12-18-15-16-22-20-14-10-9-13-19(18)20/h9-10,13-16H,4-8,11-12,17H2,1-3H3. The fourth-order valence-corrected chi connectivity index (χ4v) is 4.19. The van der Waals surface area contributed by atoms with Crippen molar-refractivity contribution < 1.29 is 8.42 Å². The number of aryl methyl sites for hydroxylation is 1. The lowest BCUT2D eigenvalue weighted by molar-refractivity contribution is 0.551. The first-order chi connectivity index (χ1) is 11.8. The molecule has 0 saturated heterocycles. The van der Waals surface area contributed by atoms with E-state index >= 15 is 0 Å². The van der Waals surface area contributed by atoms with Crippen LogP contribution in [0, 0.1) is 0 Å². The number of hydrogen-bond donors (Lipinski definition) is 0. The lowest BCUT2D eigenvalue weighted by Gasteiger charge is -2.18. The maximum absolute atomic E-state index is 12.0. The summed E-state index contributed by atoms with van der Waals surface area (Å²) < 4.78 is 23.5. The molecule has 2 rings (SSSR count). The molecule has 0 radical (unpaired) electrons. The van der Waals surface area contributed by atoms with Gasteiger partial charge in [0.1, 0.15) is 0 Å². The van der Waals surface area contributed by atoms with Crippen LogP contribution in [0.2, 0.25) is 0 Å². The number of hydrogen-bond acceptors (Lipinski definition) is 3. The SMILES string of the molecule is CC(C)(C)S(=O)(=O)CCCCCCCCc1ccnc2ccccc12. The van der Waals surface area contributed by atoms with Gasteiger partial charge in [0.05, 0.1) is 16.0 Å². The third kappa shape index (κ3) is 5.81. The number of pyridine rings is 1. The Morgan fingerprint density at radius 1 is 0.880 bits per heavy atom. The van der Waals surface area contributed by atoms with E-state index in [0.717, 1.165) is 31.2 Å². The van der Waals surface area contributed by atoms with Crippen molar-refractivity contribution in [3.63, 3.8) is 0 Å². The van der Waals surface area contributed by atoms with E-state index in [0.29, 0.717) is 5.75 Å². The van der Waals surface area contributed by atoms with Gasteiger partial charge in [-0.15, -0.1) is 0 Å². The van der Waals surface area contributed by atoms with Gasteiger partial charge in [0.25, 0.3) is 0 Å². The summed E-state index contributed by atoms with van der Waals surface area (Å²) in [6, 6.07) is 10.4. The lowest BCUT2D eigenvalue weighted by Crippen LogP contribution is -2.30. The first kappa shape index (κ1) is 19.9. The van der Waals surface area contributed by atoms with Crippen LogP contribution in [-0.4, -0.2) is 23.9 Å². The van der Waals surface area contributed by atoms with E-state index < -0.39 is 14.6 Å². The maximum Gasteiger partial charge on any atom is 0.155 e. The average Bonchev–Trinajstić information content (AvgIpc) is 2.56. The highest BCUT2D eigenvalue weighted by Crippen LogP contribution is 2.20. The zero-order valence-electron chi connectivity index (χ0n) is 15.8. The van der Waals surface area contributed by atoms with E-state index in [4.69, 9.17) is 0 Å². The molecule has 138 valence electrons. The molecule has 0 fully saturated rings. The van der Waals surface area contributed by atoms with Crippen molar-refractivity contribution in [2.45, 2.75) is 70.5 Å². The van der Waals surface area contributed by atoms with Crippen LogP contribution in [0.1, 0.15) is 64.9 Å². The lowest BCUT2D eigenvalue weighted by atomic mass is 10.0. The third-order valence-electron chi connectivity index (χ3n) is 4.78. The smallest absolute Gasteiger partial charge is 0.155 e. The largest absolute Gasteiger partial charge is 0.256 e. The van der Waals surface area contributed by atoms with Crippen LogP contribution in [-0.2, 0) is 16.3 Å². The molecule has 1 aromatic heterocycles. The summed E-state index contributed by atoms with van der Waals surface area (Å²) in [5.74, 6) is 0.319. The molecule has 3 nitrogen and oxygen atoms in total.